The highest BCUT2D eigenvalue weighted by Crippen LogP contribution is 2.30. The molecule has 0 radical (unpaired) electrons. The van der Waals surface area contributed by atoms with Gasteiger partial charge >= 0.3 is 5.97 Å². The van der Waals surface area contributed by atoms with Crippen molar-refractivity contribution in [3.63, 3.8) is 0 Å². The van der Waals surface area contributed by atoms with Crippen LogP contribution >= 0.6 is 11.8 Å². The van der Waals surface area contributed by atoms with Crippen LogP contribution in [0.25, 0.3) is 11.3 Å². The van der Waals surface area contributed by atoms with Crippen LogP contribution in [0.5, 0.6) is 0 Å². The number of benzene rings is 1. The van der Waals surface area contributed by atoms with Gasteiger partial charge in [-0.2, -0.15) is 5.26 Å². The lowest BCUT2D eigenvalue weighted by molar-refractivity contribution is -0.136. The van der Waals surface area contributed by atoms with Crippen LogP contribution in [0.1, 0.15) is 38.2 Å². The maximum absolute atomic E-state index is 10.9. The van der Waals surface area contributed by atoms with E-state index in [1.807, 2.05) is 24.3 Å². The summed E-state index contributed by atoms with van der Waals surface area (Å²) in [6, 6.07) is 9.24. The molecule has 0 atom stereocenters. The molecule has 0 amide bonds. The lowest BCUT2D eigenvalue weighted by Crippen LogP contribution is -2.03. The van der Waals surface area contributed by atoms with E-state index >= 15 is 0 Å². The number of anilines is 2. The first kappa shape index (κ1) is 23.1. The minimum Gasteiger partial charge on any atom is -0.481 e. The van der Waals surface area contributed by atoms with E-state index in [1.54, 1.807) is 12.1 Å². The van der Waals surface area contributed by atoms with Crippen LogP contribution in [0.4, 0.5) is 11.5 Å². The van der Waals surface area contributed by atoms with E-state index in [1.165, 1.54) is 22.9 Å². The summed E-state index contributed by atoms with van der Waals surface area (Å²) >= 11 is 1.47. The minimum absolute atomic E-state index is 0.136. The number of hydrogen-bond acceptors (Lipinski definition) is 7. The fourth-order valence-electron chi connectivity index (χ4n) is 3.33. The number of nitriles is 1. The predicted octanol–water partition coefficient (Wildman–Crippen LogP) is 4.73. The fraction of sp³-hybridized carbons (Fsp3) is 0.250. The fourth-order valence-corrected chi connectivity index (χ4v) is 4.21. The first-order chi connectivity index (χ1) is 15.4. The van der Waals surface area contributed by atoms with E-state index in [4.69, 9.17) is 16.6 Å². The van der Waals surface area contributed by atoms with Gasteiger partial charge in [-0.25, -0.2) is 9.97 Å². The van der Waals surface area contributed by atoms with Crippen LogP contribution in [-0.4, -0.2) is 26.8 Å². The van der Waals surface area contributed by atoms with E-state index in [9.17, 15) is 10.1 Å². The van der Waals surface area contributed by atoms with E-state index in [2.05, 4.69) is 29.0 Å². The molecule has 1 aromatic carbocycles. The van der Waals surface area contributed by atoms with Crippen LogP contribution in [0.3, 0.4) is 0 Å². The average Bonchev–Trinajstić information content (AvgIpc) is 2.75. The van der Waals surface area contributed by atoms with Crippen LogP contribution in [0.15, 0.2) is 64.4 Å². The molecule has 0 saturated carbocycles. The standard InChI is InChI=1S/C24H25N5O2S/c1-15-5-6-16(3-2-4-17(15)9-12-21(30)31)14-32-24-28-22(20(13-25)23(27)29-24)18-7-10-19(26)11-8-18/h2-4,7-8,10-11H,5-6,9,12,14,26H2,1H3,(H,30,31)(H2,27,28,29). The largest absolute Gasteiger partial charge is 0.481 e. The maximum atomic E-state index is 10.9. The first-order valence-electron chi connectivity index (χ1n) is 10.2. The van der Waals surface area contributed by atoms with E-state index < -0.39 is 5.97 Å². The quantitative estimate of drug-likeness (QED) is 0.314. The van der Waals surface area contributed by atoms with Crippen molar-refractivity contribution < 1.29 is 9.90 Å². The third-order valence-electron chi connectivity index (χ3n) is 5.21. The average molecular weight is 448 g/mol. The Bertz CT molecular complexity index is 1140. The van der Waals surface area contributed by atoms with Gasteiger partial charge in [0.15, 0.2) is 5.16 Å². The molecule has 32 heavy (non-hydrogen) atoms. The lowest BCUT2D eigenvalue weighted by atomic mass is 9.96. The van der Waals surface area contributed by atoms with Gasteiger partial charge in [-0.15, -0.1) is 0 Å². The Kier molecular flexibility index (Phi) is 7.68. The highest BCUT2D eigenvalue weighted by molar-refractivity contribution is 7.99. The summed E-state index contributed by atoms with van der Waals surface area (Å²) in [6.45, 7) is 2.06. The Morgan fingerprint density at radius 3 is 2.66 bits per heavy atom. The molecule has 2 aromatic rings. The molecular weight excluding hydrogens is 422 g/mol. The minimum atomic E-state index is -0.784. The van der Waals surface area contributed by atoms with Crippen molar-refractivity contribution in [2.75, 3.05) is 17.2 Å². The number of nitrogen functional groups attached to an aromatic ring is 2. The second-order valence-electron chi connectivity index (χ2n) is 7.52. The maximum Gasteiger partial charge on any atom is 0.303 e. The van der Waals surface area contributed by atoms with Gasteiger partial charge in [0.2, 0.25) is 0 Å². The molecule has 0 spiro atoms. The number of nitrogens with zero attached hydrogens (tertiary/aromatic N) is 3. The molecule has 0 fully saturated rings. The lowest BCUT2D eigenvalue weighted by Gasteiger charge is -2.13. The van der Waals surface area contributed by atoms with Crippen molar-refractivity contribution in [2.24, 2.45) is 0 Å². The molecule has 1 aromatic heterocycles. The van der Waals surface area contributed by atoms with Crippen molar-refractivity contribution in [1.29, 1.82) is 5.26 Å². The molecule has 0 bridgehead atoms. The number of carbonyl (C=O) groups is 1. The van der Waals surface area contributed by atoms with Crippen LogP contribution in [-0.2, 0) is 4.79 Å². The summed E-state index contributed by atoms with van der Waals surface area (Å²) in [7, 11) is 0. The zero-order valence-electron chi connectivity index (χ0n) is 17.8. The van der Waals surface area contributed by atoms with Gasteiger partial charge in [0.1, 0.15) is 17.5 Å². The molecular formula is C24H25N5O2S. The number of carboxylic acid groups (broad SMARTS) is 1. The number of rotatable bonds is 7. The van der Waals surface area contributed by atoms with E-state index in [0.717, 1.165) is 24.0 Å². The van der Waals surface area contributed by atoms with Gasteiger partial charge in [0.05, 0.1) is 5.69 Å². The Hall–Kier alpha value is -3.57. The number of nitrogens with two attached hydrogens (primary N) is 2. The number of aromatic nitrogens is 2. The number of aliphatic carboxylic acids is 1. The molecule has 1 aliphatic rings. The van der Waals surface area contributed by atoms with Gasteiger partial charge in [-0.1, -0.05) is 53.3 Å². The highest BCUT2D eigenvalue weighted by Gasteiger charge is 2.15. The van der Waals surface area contributed by atoms with Crippen molar-refractivity contribution in [1.82, 2.24) is 9.97 Å². The zero-order chi connectivity index (χ0) is 23.1. The summed E-state index contributed by atoms with van der Waals surface area (Å²) in [5.41, 5.74) is 17.5. The van der Waals surface area contributed by atoms with Gasteiger partial charge in [-0.05, 0) is 43.9 Å². The van der Waals surface area contributed by atoms with Gasteiger partial charge < -0.3 is 16.6 Å². The number of thioether (sulfide) groups is 1. The van der Waals surface area contributed by atoms with Crippen LogP contribution in [0, 0.1) is 11.3 Å². The molecule has 5 N–H and O–H groups in total. The zero-order valence-corrected chi connectivity index (χ0v) is 18.7. The number of allylic oxidation sites excluding steroid dienone is 5. The highest BCUT2D eigenvalue weighted by atomic mass is 32.2. The van der Waals surface area contributed by atoms with Gasteiger partial charge in [0, 0.05) is 23.4 Å². The van der Waals surface area contributed by atoms with Crippen molar-refractivity contribution in [3.8, 4) is 17.3 Å². The van der Waals surface area contributed by atoms with E-state index in [0.29, 0.717) is 28.7 Å². The summed E-state index contributed by atoms with van der Waals surface area (Å²) < 4.78 is 0. The monoisotopic (exact) mass is 447 g/mol. The Labute approximate surface area is 191 Å². The molecule has 1 aliphatic carbocycles. The first-order valence-corrected chi connectivity index (χ1v) is 11.2. The molecule has 0 saturated heterocycles. The normalized spacial score (nSPS) is 13.8. The third kappa shape index (κ3) is 5.99. The smallest absolute Gasteiger partial charge is 0.303 e. The molecule has 0 aliphatic heterocycles. The number of hydrogen-bond donors (Lipinski definition) is 3. The van der Waals surface area contributed by atoms with Crippen molar-refractivity contribution in [3.05, 3.63) is 64.8 Å². The van der Waals surface area contributed by atoms with Crippen LogP contribution < -0.4 is 11.5 Å². The summed E-state index contributed by atoms with van der Waals surface area (Å²) in [5.74, 6) is 0.0628. The molecule has 7 nitrogen and oxygen atoms in total. The Morgan fingerprint density at radius 1 is 1.22 bits per heavy atom. The molecule has 8 heteroatoms. The topological polar surface area (TPSA) is 139 Å². The molecule has 164 valence electrons. The second kappa shape index (κ2) is 10.6. The van der Waals surface area contributed by atoms with Crippen molar-refractivity contribution in [2.45, 2.75) is 37.8 Å². The molecule has 1 heterocycles. The second-order valence-corrected chi connectivity index (χ2v) is 8.46. The van der Waals surface area contributed by atoms with Crippen molar-refractivity contribution >= 4 is 29.2 Å². The Morgan fingerprint density at radius 2 is 1.97 bits per heavy atom. The summed E-state index contributed by atoms with van der Waals surface area (Å²) in [4.78, 5) is 19.8. The molecule has 0 unspecified atom stereocenters. The Balaban J connectivity index is 1.75. The van der Waals surface area contributed by atoms with Gasteiger partial charge in [-0.3, -0.25) is 4.79 Å². The van der Waals surface area contributed by atoms with E-state index in [-0.39, 0.29) is 17.8 Å². The molecule has 3 rings (SSSR count). The van der Waals surface area contributed by atoms with Crippen LogP contribution in [0.2, 0.25) is 0 Å². The summed E-state index contributed by atoms with van der Waals surface area (Å²) in [6.07, 6.45) is 8.46. The summed E-state index contributed by atoms with van der Waals surface area (Å²) in [5, 5.41) is 19.0. The number of carboxylic acids is 1. The predicted molar refractivity (Wildman–Crippen MR) is 128 cm³/mol. The third-order valence-corrected chi connectivity index (χ3v) is 6.16. The van der Waals surface area contributed by atoms with Gasteiger partial charge in [0.25, 0.3) is 0 Å². The SMILES string of the molecule is CC1=C(CCC(=O)O)C=CC=C(CSc2nc(N)c(C#N)c(-c3ccc(N)cc3)n2)CC1.